The highest BCUT2D eigenvalue weighted by molar-refractivity contribution is 5.86. The summed E-state index contributed by atoms with van der Waals surface area (Å²) in [6.45, 7) is 8.29. The number of unbranched alkanes of at least 4 members (excludes halogenated alkanes) is 1. The van der Waals surface area contributed by atoms with Crippen molar-refractivity contribution in [1.29, 1.82) is 0 Å². The number of rotatable bonds is 13. The molecule has 0 fully saturated rings. The Labute approximate surface area is 134 Å². The van der Waals surface area contributed by atoms with Crippen molar-refractivity contribution in [3.05, 3.63) is 0 Å². The van der Waals surface area contributed by atoms with E-state index in [0.29, 0.717) is 38.9 Å². The molecular weight excluding hydrogens is 284 g/mol. The van der Waals surface area contributed by atoms with Gasteiger partial charge in [0, 0.05) is 26.7 Å². The molecule has 0 spiro atoms. The molecule has 7 heteroatoms. The quantitative estimate of drug-likeness (QED) is 0.262. The van der Waals surface area contributed by atoms with Gasteiger partial charge in [0.05, 0.1) is 26.4 Å². The summed E-state index contributed by atoms with van der Waals surface area (Å²) in [5, 5.41) is 8.83. The third-order valence-electron chi connectivity index (χ3n) is 2.77. The summed E-state index contributed by atoms with van der Waals surface area (Å²) in [4.78, 5) is 15.5. The van der Waals surface area contributed by atoms with E-state index < -0.39 is 0 Å². The van der Waals surface area contributed by atoms with E-state index in [1.165, 1.54) is 0 Å². The van der Waals surface area contributed by atoms with E-state index in [1.807, 2.05) is 6.92 Å². The normalized spacial score (nSPS) is 11.3. The van der Waals surface area contributed by atoms with E-state index in [0.717, 1.165) is 25.9 Å². The van der Waals surface area contributed by atoms with Gasteiger partial charge in [-0.3, -0.25) is 9.79 Å². The topological polar surface area (TPSA) is 84.0 Å². The first-order chi connectivity index (χ1) is 10.7. The van der Waals surface area contributed by atoms with Gasteiger partial charge in [-0.15, -0.1) is 0 Å². The lowest BCUT2D eigenvalue weighted by Gasteiger charge is -2.12. The van der Waals surface area contributed by atoms with Gasteiger partial charge in [-0.2, -0.15) is 0 Å². The Kier molecular flexibility index (Phi) is 15.1. The van der Waals surface area contributed by atoms with Gasteiger partial charge in [-0.1, -0.05) is 20.3 Å². The highest BCUT2D eigenvalue weighted by Crippen LogP contribution is 1.87. The van der Waals surface area contributed by atoms with Crippen LogP contribution in [0, 0.1) is 0 Å². The van der Waals surface area contributed by atoms with Gasteiger partial charge >= 0.3 is 0 Å². The molecule has 0 aromatic rings. The molecule has 0 rings (SSSR count). The SMILES string of the molecule is CCCCOCCOCCNC(=NC)NCC(=O)NCCC. The summed E-state index contributed by atoms with van der Waals surface area (Å²) in [7, 11) is 1.67. The van der Waals surface area contributed by atoms with E-state index in [-0.39, 0.29) is 12.5 Å². The Bertz CT molecular complexity index is 299. The average molecular weight is 316 g/mol. The third kappa shape index (κ3) is 13.6. The second kappa shape index (κ2) is 16.0. The predicted molar refractivity (Wildman–Crippen MR) is 89.2 cm³/mol. The van der Waals surface area contributed by atoms with Gasteiger partial charge < -0.3 is 25.4 Å². The molecule has 22 heavy (non-hydrogen) atoms. The summed E-state index contributed by atoms with van der Waals surface area (Å²) < 4.78 is 10.8. The lowest BCUT2D eigenvalue weighted by atomic mass is 10.4. The van der Waals surface area contributed by atoms with Crippen LogP contribution < -0.4 is 16.0 Å². The number of nitrogens with zero attached hydrogens (tertiary/aromatic N) is 1. The van der Waals surface area contributed by atoms with Crippen molar-refractivity contribution in [2.45, 2.75) is 33.1 Å². The predicted octanol–water partition coefficient (Wildman–Crippen LogP) is 0.511. The minimum atomic E-state index is -0.0368. The van der Waals surface area contributed by atoms with Crippen LogP contribution >= 0.6 is 0 Å². The molecule has 7 nitrogen and oxygen atoms in total. The number of ether oxygens (including phenoxy) is 2. The molecule has 0 aliphatic rings. The van der Waals surface area contributed by atoms with Gasteiger partial charge in [0.2, 0.25) is 5.91 Å². The Morgan fingerprint density at radius 2 is 1.64 bits per heavy atom. The van der Waals surface area contributed by atoms with Crippen LogP contribution in [0.15, 0.2) is 4.99 Å². The minimum absolute atomic E-state index is 0.0368. The van der Waals surface area contributed by atoms with Crippen molar-refractivity contribution in [2.75, 3.05) is 53.1 Å². The van der Waals surface area contributed by atoms with Crippen LogP contribution in [0.2, 0.25) is 0 Å². The van der Waals surface area contributed by atoms with Gasteiger partial charge in [0.25, 0.3) is 0 Å². The van der Waals surface area contributed by atoms with E-state index in [9.17, 15) is 4.79 Å². The lowest BCUT2D eigenvalue weighted by molar-refractivity contribution is -0.120. The molecule has 0 aliphatic carbocycles. The molecule has 0 unspecified atom stereocenters. The Morgan fingerprint density at radius 3 is 2.27 bits per heavy atom. The Balaban J connectivity index is 3.48. The van der Waals surface area contributed by atoms with Crippen LogP contribution in [0.1, 0.15) is 33.1 Å². The zero-order valence-corrected chi connectivity index (χ0v) is 14.2. The van der Waals surface area contributed by atoms with Crippen LogP contribution in [0.25, 0.3) is 0 Å². The smallest absolute Gasteiger partial charge is 0.239 e. The monoisotopic (exact) mass is 316 g/mol. The van der Waals surface area contributed by atoms with Gasteiger partial charge in [-0.25, -0.2) is 0 Å². The van der Waals surface area contributed by atoms with Crippen LogP contribution in [-0.4, -0.2) is 65.0 Å². The molecular formula is C15H32N4O3. The minimum Gasteiger partial charge on any atom is -0.379 e. The molecule has 3 N–H and O–H groups in total. The first-order valence-electron chi connectivity index (χ1n) is 8.11. The molecule has 0 saturated carbocycles. The maximum Gasteiger partial charge on any atom is 0.239 e. The average Bonchev–Trinajstić information content (AvgIpc) is 2.54. The molecule has 0 saturated heterocycles. The van der Waals surface area contributed by atoms with Crippen molar-refractivity contribution in [3.8, 4) is 0 Å². The maximum absolute atomic E-state index is 11.5. The number of amides is 1. The fourth-order valence-electron chi connectivity index (χ4n) is 1.52. The van der Waals surface area contributed by atoms with Crippen molar-refractivity contribution in [1.82, 2.24) is 16.0 Å². The molecule has 130 valence electrons. The van der Waals surface area contributed by atoms with E-state index in [4.69, 9.17) is 9.47 Å². The van der Waals surface area contributed by atoms with Crippen LogP contribution in [0.3, 0.4) is 0 Å². The Morgan fingerprint density at radius 1 is 0.909 bits per heavy atom. The fourth-order valence-corrected chi connectivity index (χ4v) is 1.52. The third-order valence-corrected chi connectivity index (χ3v) is 2.77. The molecule has 0 aromatic carbocycles. The molecule has 0 aliphatic heterocycles. The number of hydrogen-bond donors (Lipinski definition) is 3. The van der Waals surface area contributed by atoms with Gasteiger partial charge in [0.1, 0.15) is 0 Å². The number of guanidine groups is 1. The molecule has 0 heterocycles. The van der Waals surface area contributed by atoms with Gasteiger partial charge in [-0.05, 0) is 12.8 Å². The zero-order valence-electron chi connectivity index (χ0n) is 14.2. The first-order valence-corrected chi connectivity index (χ1v) is 8.11. The standard InChI is InChI=1S/C15H32N4O3/c1-4-6-9-21-11-12-22-10-8-18-15(16-3)19-13-14(20)17-7-5-2/h4-13H2,1-3H3,(H,17,20)(H2,16,18,19). The second-order valence-corrected chi connectivity index (χ2v) is 4.78. The highest BCUT2D eigenvalue weighted by Gasteiger charge is 2.02. The lowest BCUT2D eigenvalue weighted by Crippen LogP contribution is -2.44. The molecule has 0 aromatic heterocycles. The fraction of sp³-hybridized carbons (Fsp3) is 0.867. The number of hydrogen-bond acceptors (Lipinski definition) is 4. The molecule has 0 bridgehead atoms. The van der Waals surface area contributed by atoms with Gasteiger partial charge in [0.15, 0.2) is 5.96 Å². The van der Waals surface area contributed by atoms with Crippen LogP contribution in [-0.2, 0) is 14.3 Å². The maximum atomic E-state index is 11.5. The molecule has 0 atom stereocenters. The first kappa shape index (κ1) is 20.7. The van der Waals surface area contributed by atoms with Crippen molar-refractivity contribution >= 4 is 11.9 Å². The molecule has 0 radical (unpaired) electrons. The summed E-state index contributed by atoms with van der Waals surface area (Å²) in [6, 6.07) is 0. The summed E-state index contributed by atoms with van der Waals surface area (Å²) in [5.41, 5.74) is 0. The molecule has 1 amide bonds. The number of carbonyl (C=O) groups excluding carboxylic acids is 1. The summed E-state index contributed by atoms with van der Waals surface area (Å²) >= 11 is 0. The second-order valence-electron chi connectivity index (χ2n) is 4.78. The van der Waals surface area contributed by atoms with E-state index >= 15 is 0 Å². The number of aliphatic imine (C=N–C) groups is 1. The van der Waals surface area contributed by atoms with Crippen molar-refractivity contribution in [2.24, 2.45) is 4.99 Å². The van der Waals surface area contributed by atoms with E-state index in [2.05, 4.69) is 27.9 Å². The zero-order chi connectivity index (χ0) is 16.5. The largest absolute Gasteiger partial charge is 0.379 e. The van der Waals surface area contributed by atoms with Crippen molar-refractivity contribution < 1.29 is 14.3 Å². The highest BCUT2D eigenvalue weighted by atomic mass is 16.5. The Hall–Kier alpha value is -1.34. The van der Waals surface area contributed by atoms with Crippen LogP contribution in [0.5, 0.6) is 0 Å². The van der Waals surface area contributed by atoms with Crippen molar-refractivity contribution in [3.63, 3.8) is 0 Å². The van der Waals surface area contributed by atoms with Crippen LogP contribution in [0.4, 0.5) is 0 Å². The number of carbonyl (C=O) groups is 1. The summed E-state index contributed by atoms with van der Waals surface area (Å²) in [5.74, 6) is 0.555. The summed E-state index contributed by atoms with van der Waals surface area (Å²) in [6.07, 6.45) is 3.17. The van der Waals surface area contributed by atoms with E-state index in [1.54, 1.807) is 7.05 Å². The number of nitrogens with one attached hydrogen (secondary N) is 3.